The predicted octanol–water partition coefficient (Wildman–Crippen LogP) is 5.03. The summed E-state index contributed by atoms with van der Waals surface area (Å²) in [5.74, 6) is 0.557. The Morgan fingerprint density at radius 3 is 2.48 bits per heavy atom. The molecule has 0 saturated carbocycles. The highest BCUT2D eigenvalue weighted by molar-refractivity contribution is 5.79. The second-order valence-electron chi connectivity index (χ2n) is 7.25. The highest BCUT2D eigenvalue weighted by Gasteiger charge is 2.13. The Kier molecular flexibility index (Phi) is 5.58. The van der Waals surface area contributed by atoms with Gasteiger partial charge >= 0.3 is 0 Å². The number of aromatic nitrogens is 1. The average Bonchev–Trinajstić information content (AvgIpc) is 3.23. The smallest absolute Gasteiger partial charge is 0.252 e. The highest BCUT2D eigenvalue weighted by atomic mass is 19.1. The minimum absolute atomic E-state index is 0.0923. The van der Waals surface area contributed by atoms with E-state index < -0.39 is 0 Å². The lowest BCUT2D eigenvalue weighted by Gasteiger charge is -2.21. The number of nitrogens with one attached hydrogen (secondary N) is 1. The molecule has 2 aromatic carbocycles. The van der Waals surface area contributed by atoms with Gasteiger partial charge in [0.25, 0.3) is 5.56 Å². The van der Waals surface area contributed by atoms with E-state index in [1.54, 1.807) is 18.4 Å². The maximum absolute atomic E-state index is 13.3. The molecule has 5 heteroatoms. The molecule has 0 atom stereocenters. The van der Waals surface area contributed by atoms with Crippen molar-refractivity contribution in [3.63, 3.8) is 0 Å². The van der Waals surface area contributed by atoms with Crippen LogP contribution < -0.4 is 5.56 Å². The van der Waals surface area contributed by atoms with E-state index in [2.05, 4.69) is 22.9 Å². The Bertz CT molecular complexity index is 1150. The number of H-pyrrole nitrogens is 1. The van der Waals surface area contributed by atoms with Gasteiger partial charge in [-0.1, -0.05) is 25.1 Å². The zero-order valence-corrected chi connectivity index (χ0v) is 16.3. The number of hydrogen-bond donors (Lipinski definition) is 1. The van der Waals surface area contributed by atoms with Crippen molar-refractivity contribution in [3.8, 4) is 0 Å². The third-order valence-corrected chi connectivity index (χ3v) is 5.07. The molecule has 0 radical (unpaired) electrons. The maximum atomic E-state index is 13.3. The molecule has 0 aliphatic heterocycles. The first-order chi connectivity index (χ1) is 14.1. The van der Waals surface area contributed by atoms with Gasteiger partial charge in [0.2, 0.25) is 0 Å². The van der Waals surface area contributed by atoms with Gasteiger partial charge in [-0.2, -0.15) is 0 Å². The van der Waals surface area contributed by atoms with Crippen molar-refractivity contribution in [2.75, 3.05) is 0 Å². The zero-order chi connectivity index (χ0) is 20.2. The van der Waals surface area contributed by atoms with E-state index in [4.69, 9.17) is 4.42 Å². The Balaban J connectivity index is 1.64. The van der Waals surface area contributed by atoms with E-state index in [-0.39, 0.29) is 11.4 Å². The number of pyridine rings is 1. The van der Waals surface area contributed by atoms with Gasteiger partial charge in [0.1, 0.15) is 11.6 Å². The molecule has 1 N–H and O–H groups in total. The molecule has 0 bridgehead atoms. The van der Waals surface area contributed by atoms with Crippen LogP contribution in [-0.2, 0) is 26.1 Å². The second kappa shape index (κ2) is 8.45. The van der Waals surface area contributed by atoms with Crippen LogP contribution in [0.4, 0.5) is 4.39 Å². The average molecular weight is 390 g/mol. The fourth-order valence-corrected chi connectivity index (χ4v) is 3.52. The number of aromatic amines is 1. The van der Waals surface area contributed by atoms with Crippen molar-refractivity contribution in [3.05, 3.63) is 106 Å². The molecule has 0 saturated heterocycles. The van der Waals surface area contributed by atoms with Crippen LogP contribution in [0.5, 0.6) is 0 Å². The quantitative estimate of drug-likeness (QED) is 0.482. The summed E-state index contributed by atoms with van der Waals surface area (Å²) >= 11 is 0. The van der Waals surface area contributed by atoms with Crippen molar-refractivity contribution >= 4 is 10.9 Å². The van der Waals surface area contributed by atoms with E-state index in [0.29, 0.717) is 25.2 Å². The molecule has 148 valence electrons. The summed E-state index contributed by atoms with van der Waals surface area (Å²) in [7, 11) is 0. The Morgan fingerprint density at radius 1 is 0.966 bits per heavy atom. The van der Waals surface area contributed by atoms with Crippen LogP contribution >= 0.6 is 0 Å². The summed E-state index contributed by atoms with van der Waals surface area (Å²) in [4.78, 5) is 17.8. The SMILES string of the molecule is CCc1ccc2[nH]c(=O)c(CN(Cc3ccc(F)cc3)Cc3ccco3)cc2c1. The number of fused-ring (bicyclic) bond motifs is 1. The summed E-state index contributed by atoms with van der Waals surface area (Å²) in [5.41, 5.74) is 3.65. The van der Waals surface area contributed by atoms with Crippen LogP contribution in [0, 0.1) is 5.82 Å². The molecule has 0 aliphatic rings. The lowest BCUT2D eigenvalue weighted by Crippen LogP contribution is -2.26. The van der Waals surface area contributed by atoms with Gasteiger partial charge in [0, 0.05) is 24.2 Å². The number of furan rings is 1. The van der Waals surface area contributed by atoms with Gasteiger partial charge < -0.3 is 9.40 Å². The number of rotatable bonds is 7. The van der Waals surface area contributed by atoms with Crippen molar-refractivity contribution in [2.24, 2.45) is 0 Å². The molecule has 0 unspecified atom stereocenters. The van der Waals surface area contributed by atoms with Crippen LogP contribution in [0.3, 0.4) is 0 Å². The van der Waals surface area contributed by atoms with Crippen LogP contribution in [0.2, 0.25) is 0 Å². The summed E-state index contributed by atoms with van der Waals surface area (Å²) in [5, 5.41) is 1.03. The number of benzene rings is 2. The van der Waals surface area contributed by atoms with Crippen LogP contribution in [0.15, 0.2) is 76.1 Å². The zero-order valence-electron chi connectivity index (χ0n) is 16.3. The Morgan fingerprint density at radius 2 is 1.76 bits per heavy atom. The van der Waals surface area contributed by atoms with Crippen molar-refractivity contribution in [2.45, 2.75) is 33.0 Å². The second-order valence-corrected chi connectivity index (χ2v) is 7.25. The first-order valence-corrected chi connectivity index (χ1v) is 9.75. The van der Waals surface area contributed by atoms with E-state index in [1.165, 1.54) is 17.7 Å². The van der Waals surface area contributed by atoms with E-state index in [9.17, 15) is 9.18 Å². The topological polar surface area (TPSA) is 49.2 Å². The van der Waals surface area contributed by atoms with Gasteiger partial charge in [0.15, 0.2) is 0 Å². The largest absolute Gasteiger partial charge is 0.468 e. The number of hydrogen-bond acceptors (Lipinski definition) is 3. The Labute approximate surface area is 168 Å². The first kappa shape index (κ1) is 19.2. The van der Waals surface area contributed by atoms with E-state index in [1.807, 2.05) is 30.3 Å². The first-order valence-electron chi connectivity index (χ1n) is 9.75. The van der Waals surface area contributed by atoms with Gasteiger partial charge in [0.05, 0.1) is 12.8 Å². The fourth-order valence-electron chi connectivity index (χ4n) is 3.52. The lowest BCUT2D eigenvalue weighted by molar-refractivity contribution is 0.226. The molecule has 0 spiro atoms. The van der Waals surface area contributed by atoms with E-state index >= 15 is 0 Å². The van der Waals surface area contributed by atoms with Crippen LogP contribution in [-0.4, -0.2) is 9.88 Å². The van der Waals surface area contributed by atoms with Gasteiger partial charge in [-0.3, -0.25) is 9.69 Å². The molecule has 0 amide bonds. The fraction of sp³-hybridized carbons (Fsp3) is 0.208. The third-order valence-electron chi connectivity index (χ3n) is 5.07. The number of halogens is 1. The summed E-state index contributed by atoms with van der Waals surface area (Å²) in [6.07, 6.45) is 2.58. The third kappa shape index (κ3) is 4.63. The van der Waals surface area contributed by atoms with Crippen LogP contribution in [0.1, 0.15) is 29.4 Å². The molecule has 2 aromatic heterocycles. The van der Waals surface area contributed by atoms with Gasteiger partial charge in [-0.25, -0.2) is 4.39 Å². The normalized spacial score (nSPS) is 11.4. The standard InChI is InChI=1S/C24H23FN2O2/c1-2-17-7-10-23-19(12-17)13-20(24(28)26-23)15-27(16-22-4-3-11-29-22)14-18-5-8-21(25)9-6-18/h3-13H,2,14-16H2,1H3,(H,26,28). The van der Waals surface area contributed by atoms with E-state index in [0.717, 1.165) is 28.6 Å². The molecule has 4 rings (SSSR count). The summed E-state index contributed by atoms with van der Waals surface area (Å²) in [6, 6.07) is 18.3. The molecule has 4 aromatic rings. The number of nitrogens with zero attached hydrogens (tertiary/aromatic N) is 1. The van der Waals surface area contributed by atoms with Crippen LogP contribution in [0.25, 0.3) is 10.9 Å². The summed E-state index contributed by atoms with van der Waals surface area (Å²) < 4.78 is 18.8. The molecule has 2 heterocycles. The molecule has 4 nitrogen and oxygen atoms in total. The lowest BCUT2D eigenvalue weighted by atomic mass is 10.1. The minimum atomic E-state index is -0.260. The number of aryl methyl sites for hydroxylation is 1. The molecule has 0 aliphatic carbocycles. The molecule has 0 fully saturated rings. The summed E-state index contributed by atoms with van der Waals surface area (Å²) in [6.45, 7) is 3.70. The monoisotopic (exact) mass is 390 g/mol. The minimum Gasteiger partial charge on any atom is -0.468 e. The van der Waals surface area contributed by atoms with Gasteiger partial charge in [-0.05, 0) is 65.4 Å². The van der Waals surface area contributed by atoms with Crippen molar-refractivity contribution in [1.82, 2.24) is 9.88 Å². The Hall–Kier alpha value is -3.18. The highest BCUT2D eigenvalue weighted by Crippen LogP contribution is 2.18. The maximum Gasteiger partial charge on any atom is 0.252 e. The van der Waals surface area contributed by atoms with Crippen molar-refractivity contribution < 1.29 is 8.81 Å². The van der Waals surface area contributed by atoms with Crippen molar-refractivity contribution in [1.29, 1.82) is 0 Å². The van der Waals surface area contributed by atoms with Gasteiger partial charge in [-0.15, -0.1) is 0 Å². The predicted molar refractivity (Wildman–Crippen MR) is 112 cm³/mol. The molecule has 29 heavy (non-hydrogen) atoms. The molecular formula is C24H23FN2O2. The molecular weight excluding hydrogens is 367 g/mol.